The molecule has 0 radical (unpaired) electrons. The first-order chi connectivity index (χ1) is 12.7. The van der Waals surface area contributed by atoms with Crippen molar-refractivity contribution in [1.82, 2.24) is 0 Å². The van der Waals surface area contributed by atoms with Crippen LogP contribution in [0, 0.1) is 17.8 Å². The first-order valence-corrected chi connectivity index (χ1v) is 9.26. The minimum Gasteiger partial charge on any atom is -0.458 e. The van der Waals surface area contributed by atoms with Gasteiger partial charge in [0.2, 0.25) is 0 Å². The lowest BCUT2D eigenvalue weighted by atomic mass is 9.76. The van der Waals surface area contributed by atoms with Gasteiger partial charge >= 0.3 is 11.9 Å². The number of hydrogen-bond acceptors (Lipinski definition) is 7. The van der Waals surface area contributed by atoms with E-state index in [2.05, 4.69) is 13.2 Å². The van der Waals surface area contributed by atoms with E-state index in [1.807, 2.05) is 0 Å². The molecule has 8 atom stereocenters. The van der Waals surface area contributed by atoms with Crippen molar-refractivity contribution < 1.29 is 34.4 Å². The van der Waals surface area contributed by atoms with Crippen LogP contribution < -0.4 is 0 Å². The predicted molar refractivity (Wildman–Crippen MR) is 95.6 cm³/mol. The third-order valence-electron chi connectivity index (χ3n) is 5.90. The molecule has 1 saturated heterocycles. The average molecular weight is 399 g/mol. The van der Waals surface area contributed by atoms with Gasteiger partial charge < -0.3 is 24.8 Å². The number of rotatable bonds is 3. The van der Waals surface area contributed by atoms with Gasteiger partial charge in [-0.25, -0.2) is 9.59 Å². The lowest BCUT2D eigenvalue weighted by Gasteiger charge is -2.36. The van der Waals surface area contributed by atoms with Gasteiger partial charge in [-0.1, -0.05) is 24.8 Å². The van der Waals surface area contributed by atoms with Crippen LogP contribution in [0.2, 0.25) is 0 Å². The van der Waals surface area contributed by atoms with E-state index in [1.54, 1.807) is 6.92 Å². The highest BCUT2D eigenvalue weighted by atomic mass is 35.5. The van der Waals surface area contributed by atoms with Crippen LogP contribution in [0.1, 0.15) is 13.3 Å². The largest absolute Gasteiger partial charge is 0.458 e. The van der Waals surface area contributed by atoms with E-state index in [1.165, 1.54) is 12.2 Å². The number of aliphatic hydroxyl groups excluding tert-OH is 2. The summed E-state index contributed by atoms with van der Waals surface area (Å²) in [5.74, 6) is -4.08. The molecule has 3 N–H and O–H groups in total. The van der Waals surface area contributed by atoms with Crippen LogP contribution in [0.25, 0.3) is 0 Å². The molecule has 0 unspecified atom stereocenters. The van der Waals surface area contributed by atoms with Crippen molar-refractivity contribution in [3.05, 3.63) is 36.5 Å². The SMILES string of the molecule is C=C1C[C@H](OC(=O)/C=C/C)[C@H]2C(=C)C(=O)O[C@@H]2[C@@H]2[C@H]1[C@@H](O)[C@H](O)[C@]2(O)CCl. The van der Waals surface area contributed by atoms with Crippen LogP contribution in [0.4, 0.5) is 0 Å². The number of aliphatic hydroxyl groups is 3. The lowest BCUT2D eigenvalue weighted by Crippen LogP contribution is -2.52. The minimum atomic E-state index is -1.90. The normalized spacial score (nSPS) is 44.0. The highest BCUT2D eigenvalue weighted by Gasteiger charge is 2.67. The molecule has 8 heteroatoms. The Kier molecular flexibility index (Phi) is 5.24. The van der Waals surface area contributed by atoms with E-state index < -0.39 is 59.7 Å². The summed E-state index contributed by atoms with van der Waals surface area (Å²) < 4.78 is 11.0. The van der Waals surface area contributed by atoms with E-state index in [-0.39, 0.29) is 17.9 Å². The molecule has 3 fully saturated rings. The maximum absolute atomic E-state index is 12.2. The summed E-state index contributed by atoms with van der Waals surface area (Å²) in [5.41, 5.74) is -1.31. The summed E-state index contributed by atoms with van der Waals surface area (Å²) in [6.07, 6.45) is -1.74. The van der Waals surface area contributed by atoms with Crippen molar-refractivity contribution in [3.8, 4) is 0 Å². The van der Waals surface area contributed by atoms with Crippen LogP contribution in [0.3, 0.4) is 0 Å². The van der Waals surface area contributed by atoms with E-state index >= 15 is 0 Å². The van der Waals surface area contributed by atoms with Gasteiger partial charge in [0.05, 0.1) is 17.9 Å². The molecule has 7 nitrogen and oxygen atoms in total. The molecule has 1 aliphatic heterocycles. The van der Waals surface area contributed by atoms with Crippen molar-refractivity contribution in [3.63, 3.8) is 0 Å². The van der Waals surface area contributed by atoms with Gasteiger partial charge in [0.15, 0.2) is 0 Å². The highest BCUT2D eigenvalue weighted by Crippen LogP contribution is 2.55. The topological polar surface area (TPSA) is 113 Å². The summed E-state index contributed by atoms with van der Waals surface area (Å²) in [5, 5.41) is 32.0. The van der Waals surface area contributed by atoms with Crippen LogP contribution in [-0.4, -0.2) is 63.2 Å². The third-order valence-corrected chi connectivity index (χ3v) is 6.33. The van der Waals surface area contributed by atoms with Crippen molar-refractivity contribution >= 4 is 23.5 Å². The fourth-order valence-electron chi connectivity index (χ4n) is 4.67. The van der Waals surface area contributed by atoms with Gasteiger partial charge in [0, 0.05) is 29.9 Å². The Bertz CT molecular complexity index is 717. The summed E-state index contributed by atoms with van der Waals surface area (Å²) in [7, 11) is 0. The van der Waals surface area contributed by atoms with Crippen LogP contribution in [0.5, 0.6) is 0 Å². The van der Waals surface area contributed by atoms with Crippen molar-refractivity contribution in [1.29, 1.82) is 0 Å². The summed E-state index contributed by atoms with van der Waals surface area (Å²) in [4.78, 5) is 24.2. The Morgan fingerprint density at radius 1 is 1.41 bits per heavy atom. The van der Waals surface area contributed by atoms with Gasteiger partial charge in [-0.2, -0.15) is 0 Å². The molecular weight excluding hydrogens is 376 g/mol. The number of esters is 2. The standard InChI is InChI=1S/C19H23ClO7/c1-4-5-11(21)26-10-6-8(2)12-14(16-13(10)9(3)18(24)27-16)19(25,7-20)17(23)15(12)22/h4-5,10,12-17,22-23,25H,2-3,6-7H2,1H3/b5-4+/t10-,12-,13+,14-,15+,16-,17-,19-/m0/s1. The molecule has 2 saturated carbocycles. The predicted octanol–water partition coefficient (Wildman–Crippen LogP) is 0.470. The van der Waals surface area contributed by atoms with Gasteiger partial charge in [0.1, 0.15) is 23.9 Å². The zero-order valence-electron chi connectivity index (χ0n) is 14.9. The Morgan fingerprint density at radius 3 is 2.67 bits per heavy atom. The Hall–Kier alpha value is -1.67. The van der Waals surface area contributed by atoms with Crippen molar-refractivity contribution in [2.75, 3.05) is 5.88 Å². The monoisotopic (exact) mass is 398 g/mol. The molecule has 1 heterocycles. The molecule has 0 spiro atoms. The molecule has 3 rings (SSSR count). The van der Waals surface area contributed by atoms with Gasteiger partial charge in [-0.3, -0.25) is 0 Å². The fraction of sp³-hybridized carbons (Fsp3) is 0.579. The molecule has 0 aromatic carbocycles. The molecule has 0 aromatic heterocycles. The fourth-order valence-corrected chi connectivity index (χ4v) is 5.00. The highest BCUT2D eigenvalue weighted by molar-refractivity contribution is 6.18. The van der Waals surface area contributed by atoms with Gasteiger partial charge in [-0.05, 0) is 6.92 Å². The second-order valence-electron chi connectivity index (χ2n) is 7.37. The number of halogens is 1. The molecule has 2 aliphatic carbocycles. The maximum atomic E-state index is 12.2. The zero-order chi connectivity index (χ0) is 20.1. The second kappa shape index (κ2) is 7.05. The van der Waals surface area contributed by atoms with Gasteiger partial charge in [-0.15, -0.1) is 11.6 Å². The number of ether oxygens (including phenoxy) is 2. The Balaban J connectivity index is 2.07. The first-order valence-electron chi connectivity index (χ1n) is 8.72. The third kappa shape index (κ3) is 2.93. The quantitative estimate of drug-likeness (QED) is 0.274. The molecule has 27 heavy (non-hydrogen) atoms. The number of carbonyl (C=O) groups is 2. The molecule has 148 valence electrons. The second-order valence-corrected chi connectivity index (χ2v) is 7.64. The van der Waals surface area contributed by atoms with E-state index in [0.29, 0.717) is 5.57 Å². The molecule has 0 aromatic rings. The summed E-state index contributed by atoms with van der Waals surface area (Å²) >= 11 is 5.95. The Labute approximate surface area is 161 Å². The summed E-state index contributed by atoms with van der Waals surface area (Å²) in [6, 6.07) is 0. The number of hydrogen-bond donors (Lipinski definition) is 3. The Morgan fingerprint density at radius 2 is 2.07 bits per heavy atom. The molecule has 3 aliphatic rings. The van der Waals surface area contributed by atoms with Crippen LogP contribution in [0.15, 0.2) is 36.5 Å². The van der Waals surface area contributed by atoms with E-state index in [0.717, 1.165) is 0 Å². The number of allylic oxidation sites excluding steroid dienone is 1. The van der Waals surface area contributed by atoms with Crippen molar-refractivity contribution in [2.24, 2.45) is 17.8 Å². The maximum Gasteiger partial charge on any atom is 0.334 e. The van der Waals surface area contributed by atoms with E-state index in [4.69, 9.17) is 21.1 Å². The van der Waals surface area contributed by atoms with Crippen molar-refractivity contribution in [2.45, 2.75) is 43.4 Å². The zero-order valence-corrected chi connectivity index (χ0v) is 15.6. The van der Waals surface area contributed by atoms with Crippen LogP contribution in [-0.2, 0) is 19.1 Å². The van der Waals surface area contributed by atoms with Crippen LogP contribution >= 0.6 is 11.6 Å². The van der Waals surface area contributed by atoms with Gasteiger partial charge in [0.25, 0.3) is 0 Å². The number of carbonyl (C=O) groups excluding carboxylic acids is 2. The molecule has 0 amide bonds. The summed E-state index contributed by atoms with van der Waals surface area (Å²) in [6.45, 7) is 9.40. The lowest BCUT2D eigenvalue weighted by molar-refractivity contribution is -0.155. The number of alkyl halides is 1. The minimum absolute atomic E-state index is 0.111. The van der Waals surface area contributed by atoms with E-state index in [9.17, 15) is 24.9 Å². The first kappa shape index (κ1) is 20.1. The smallest absolute Gasteiger partial charge is 0.334 e. The molecular formula is C19H23ClO7. The average Bonchev–Trinajstić information content (AvgIpc) is 2.95. The molecule has 0 bridgehead atoms. The number of fused-ring (bicyclic) bond motifs is 3.